The highest BCUT2D eigenvalue weighted by atomic mass is 32.2. The zero-order valence-electron chi connectivity index (χ0n) is 31.4. The molecule has 3 fully saturated rings. The molecule has 0 aliphatic carbocycles. The average Bonchev–Trinajstić information content (AvgIpc) is 3.34. The summed E-state index contributed by atoms with van der Waals surface area (Å²) in [6.07, 6.45) is 3.45. The Morgan fingerprint density at radius 2 is 1.59 bits per heavy atom. The predicted octanol–water partition coefficient (Wildman–Crippen LogP) is 6.98. The minimum atomic E-state index is -0.588. The Kier molecular flexibility index (Phi) is 12.3. The third-order valence-corrected chi connectivity index (χ3v) is 11.7. The van der Waals surface area contributed by atoms with Gasteiger partial charge in [-0.15, -0.1) is 11.8 Å². The molecule has 0 saturated carbocycles. The van der Waals surface area contributed by atoms with E-state index in [4.69, 9.17) is 0 Å². The van der Waals surface area contributed by atoms with Crippen LogP contribution in [0.4, 0.5) is 25.0 Å². The van der Waals surface area contributed by atoms with Crippen molar-refractivity contribution in [2.45, 2.75) is 91.1 Å². The maximum absolute atomic E-state index is 15.1. The molecular formula is C39H56F2N6O3S. The molecule has 0 aromatic heterocycles. The lowest BCUT2D eigenvalue weighted by molar-refractivity contribution is -0.130. The standard InChI is InChI=1S/C23H35F2N3OS.C16H21N3O2/c1-22(2,3)7-8-28-19(29)15-30-21(28)17-13-16(24)14-18(25)20(17)26-9-11-27(12-10-26)23(4,5)6;1-12(20)18-9-7-14(8-10-18)19-11-6-13-4-2-3-5-15(13)17-16(19)21/h13-14,21H,7-12,15H2,1-6H3;2-5,14H,6-11H2,1H3,(H,17,21). The summed E-state index contributed by atoms with van der Waals surface area (Å²) in [5.41, 5.74) is 3.30. The van der Waals surface area contributed by atoms with Gasteiger partial charge in [0.05, 0.1) is 11.4 Å². The topological polar surface area (TPSA) is 79.4 Å². The van der Waals surface area contributed by atoms with Gasteiger partial charge in [-0.25, -0.2) is 13.6 Å². The molecule has 9 nitrogen and oxygen atoms in total. The highest BCUT2D eigenvalue weighted by Crippen LogP contribution is 2.45. The number of anilines is 2. The van der Waals surface area contributed by atoms with E-state index in [2.05, 4.69) is 57.8 Å². The van der Waals surface area contributed by atoms with Crippen LogP contribution in [0.25, 0.3) is 0 Å². The first-order valence-electron chi connectivity index (χ1n) is 18.3. The van der Waals surface area contributed by atoms with Crippen LogP contribution in [0.5, 0.6) is 0 Å². The van der Waals surface area contributed by atoms with Crippen LogP contribution in [0.1, 0.15) is 84.2 Å². The number of piperazine rings is 1. The van der Waals surface area contributed by atoms with Crippen LogP contribution in [0.15, 0.2) is 36.4 Å². The van der Waals surface area contributed by atoms with Crippen LogP contribution in [-0.4, -0.2) is 107 Å². The summed E-state index contributed by atoms with van der Waals surface area (Å²) in [4.78, 5) is 46.4. The Hall–Kier alpha value is -3.38. The molecule has 4 heterocycles. The number of fused-ring (bicyclic) bond motifs is 1. The van der Waals surface area contributed by atoms with Gasteiger partial charge in [0.1, 0.15) is 17.0 Å². The fraction of sp³-hybridized carbons (Fsp3) is 0.615. The van der Waals surface area contributed by atoms with E-state index >= 15 is 4.39 Å². The van der Waals surface area contributed by atoms with E-state index < -0.39 is 11.6 Å². The highest BCUT2D eigenvalue weighted by Gasteiger charge is 2.38. The van der Waals surface area contributed by atoms with Crippen molar-refractivity contribution >= 4 is 41.0 Å². The Morgan fingerprint density at radius 3 is 2.22 bits per heavy atom. The summed E-state index contributed by atoms with van der Waals surface area (Å²) in [5.74, 6) is -0.603. The Labute approximate surface area is 307 Å². The summed E-state index contributed by atoms with van der Waals surface area (Å²) in [6.45, 7) is 20.4. The molecule has 0 bridgehead atoms. The SMILES string of the molecule is CC(=O)N1CCC(N2CCc3ccccc3NC2=O)CC1.CC(C)(C)CCN1C(=O)CSC1c1cc(F)cc(F)c1N1CCN(C(C)(C)C)CC1. The van der Waals surface area contributed by atoms with Gasteiger partial charge in [-0.1, -0.05) is 39.0 Å². The fourth-order valence-corrected chi connectivity index (χ4v) is 8.58. The quantitative estimate of drug-likeness (QED) is 0.358. The second-order valence-electron chi connectivity index (χ2n) is 16.3. The van der Waals surface area contributed by atoms with Crippen LogP contribution in [-0.2, 0) is 16.0 Å². The van der Waals surface area contributed by atoms with E-state index in [0.717, 1.165) is 70.2 Å². The number of nitrogens with one attached hydrogen (secondary N) is 1. The summed E-state index contributed by atoms with van der Waals surface area (Å²) < 4.78 is 29.3. The van der Waals surface area contributed by atoms with Crippen molar-refractivity contribution in [2.24, 2.45) is 5.41 Å². The second-order valence-corrected chi connectivity index (χ2v) is 17.4. The van der Waals surface area contributed by atoms with Gasteiger partial charge in [-0.2, -0.15) is 0 Å². The van der Waals surface area contributed by atoms with Crippen molar-refractivity contribution in [1.29, 1.82) is 0 Å². The first-order valence-corrected chi connectivity index (χ1v) is 19.4. The molecule has 4 aliphatic rings. The van der Waals surface area contributed by atoms with Crippen LogP contribution in [0.3, 0.4) is 0 Å². The number of amides is 4. The predicted molar refractivity (Wildman–Crippen MR) is 202 cm³/mol. The number of piperidine rings is 1. The van der Waals surface area contributed by atoms with Crippen molar-refractivity contribution in [3.63, 3.8) is 0 Å². The maximum atomic E-state index is 15.1. The first kappa shape index (κ1) is 38.8. The zero-order valence-corrected chi connectivity index (χ0v) is 32.3. The molecular weight excluding hydrogens is 671 g/mol. The number of halogens is 2. The molecule has 0 spiro atoms. The number of rotatable bonds is 5. The van der Waals surface area contributed by atoms with Crippen LogP contribution >= 0.6 is 11.8 Å². The smallest absolute Gasteiger partial charge is 0.322 e. The highest BCUT2D eigenvalue weighted by molar-refractivity contribution is 8.00. The van der Waals surface area contributed by atoms with E-state index in [1.807, 2.05) is 32.9 Å². The molecule has 4 amide bonds. The molecule has 2 aromatic carbocycles. The van der Waals surface area contributed by atoms with Crippen molar-refractivity contribution in [3.05, 3.63) is 59.2 Å². The third kappa shape index (κ3) is 9.74. The number of likely N-dealkylation sites (tertiary alicyclic amines) is 1. The van der Waals surface area contributed by atoms with E-state index in [-0.39, 0.29) is 40.2 Å². The number of hydrogen-bond donors (Lipinski definition) is 1. The van der Waals surface area contributed by atoms with Gasteiger partial charge in [0.15, 0.2) is 0 Å². The van der Waals surface area contributed by atoms with Crippen LogP contribution in [0.2, 0.25) is 0 Å². The molecule has 12 heteroatoms. The molecule has 51 heavy (non-hydrogen) atoms. The van der Waals surface area contributed by atoms with Gasteiger partial charge in [0.2, 0.25) is 11.8 Å². The molecule has 1 atom stereocenters. The first-order chi connectivity index (χ1) is 24.0. The van der Waals surface area contributed by atoms with Crippen LogP contribution < -0.4 is 10.2 Å². The van der Waals surface area contributed by atoms with Crippen molar-refractivity contribution in [1.82, 2.24) is 19.6 Å². The molecule has 3 saturated heterocycles. The van der Waals surface area contributed by atoms with Gasteiger partial charge in [-0.05, 0) is 69.6 Å². The van der Waals surface area contributed by atoms with Crippen molar-refractivity contribution in [3.8, 4) is 0 Å². The lowest BCUT2D eigenvalue weighted by Gasteiger charge is -2.44. The Balaban J connectivity index is 0.000000210. The lowest BCUT2D eigenvalue weighted by Crippen LogP contribution is -2.53. The summed E-state index contributed by atoms with van der Waals surface area (Å²) in [7, 11) is 0. The van der Waals surface area contributed by atoms with Crippen molar-refractivity contribution in [2.75, 3.05) is 68.3 Å². The number of hydrogen-bond acceptors (Lipinski definition) is 6. The minimum absolute atomic E-state index is 0.0128. The van der Waals surface area contributed by atoms with Crippen LogP contribution in [0, 0.1) is 17.0 Å². The van der Waals surface area contributed by atoms with Gasteiger partial charge in [-0.3, -0.25) is 14.5 Å². The number of para-hydroxylation sites is 1. The van der Waals surface area contributed by atoms with Gasteiger partial charge in [0, 0.05) is 88.2 Å². The molecule has 6 rings (SSSR count). The third-order valence-electron chi connectivity index (χ3n) is 10.4. The normalized spacial score (nSPS) is 20.8. The fourth-order valence-electron chi connectivity index (χ4n) is 7.35. The second kappa shape index (κ2) is 16.1. The number of carbonyl (C=O) groups is 3. The number of thioether (sulfide) groups is 1. The van der Waals surface area contributed by atoms with Gasteiger partial charge in [0.25, 0.3) is 0 Å². The summed E-state index contributed by atoms with van der Waals surface area (Å²) >= 11 is 1.47. The largest absolute Gasteiger partial charge is 0.366 e. The average molecular weight is 727 g/mol. The van der Waals surface area contributed by atoms with E-state index in [0.29, 0.717) is 36.6 Å². The van der Waals surface area contributed by atoms with Crippen molar-refractivity contribution < 1.29 is 23.2 Å². The molecule has 0 radical (unpaired) electrons. The maximum Gasteiger partial charge on any atom is 0.322 e. The molecule has 2 aromatic rings. The monoisotopic (exact) mass is 726 g/mol. The van der Waals surface area contributed by atoms with Gasteiger partial charge >= 0.3 is 6.03 Å². The van der Waals surface area contributed by atoms with E-state index in [1.54, 1.807) is 11.8 Å². The summed E-state index contributed by atoms with van der Waals surface area (Å²) in [5, 5.41) is 2.66. The molecule has 280 valence electrons. The molecule has 1 N–H and O–H groups in total. The lowest BCUT2D eigenvalue weighted by atomic mass is 9.92. The van der Waals surface area contributed by atoms with E-state index in [1.165, 1.54) is 23.4 Å². The van der Waals surface area contributed by atoms with E-state index in [9.17, 15) is 18.8 Å². The molecule has 1 unspecified atom stereocenters. The number of urea groups is 1. The molecule has 4 aliphatic heterocycles. The number of benzene rings is 2. The minimum Gasteiger partial charge on any atom is -0.366 e. The summed E-state index contributed by atoms with van der Waals surface area (Å²) in [6, 6.07) is 10.6. The van der Waals surface area contributed by atoms with Gasteiger partial charge < -0.3 is 24.9 Å². The number of nitrogens with zero attached hydrogens (tertiary/aromatic N) is 5. The zero-order chi connectivity index (χ0) is 37.1. The number of carbonyl (C=O) groups excluding carboxylic acids is 3. The Bertz CT molecular complexity index is 1560. The Morgan fingerprint density at radius 1 is 0.922 bits per heavy atom.